The second-order valence-corrected chi connectivity index (χ2v) is 3.90. The average molecular weight is 266 g/mol. The maximum Gasteiger partial charge on any atom is 0.271 e. The molecule has 2 rings (SSSR count). The highest BCUT2D eigenvalue weighted by Crippen LogP contribution is 2.11. The zero-order valence-electron chi connectivity index (χ0n) is 10.3. The summed E-state index contributed by atoms with van der Waals surface area (Å²) >= 11 is 0. The molecule has 0 bridgehead atoms. The third-order valence-corrected chi connectivity index (χ3v) is 2.52. The van der Waals surface area contributed by atoms with E-state index in [4.69, 9.17) is 10.3 Å². The van der Waals surface area contributed by atoms with Crippen LogP contribution in [0.15, 0.2) is 16.0 Å². The lowest BCUT2D eigenvalue weighted by molar-refractivity contribution is -0.119. The lowest BCUT2D eigenvalue weighted by Crippen LogP contribution is -2.34. The third-order valence-electron chi connectivity index (χ3n) is 2.52. The first-order chi connectivity index (χ1) is 9.11. The van der Waals surface area contributed by atoms with Crippen LogP contribution in [0.5, 0.6) is 0 Å². The van der Waals surface area contributed by atoms with Gasteiger partial charge in [-0.3, -0.25) is 4.79 Å². The molecule has 102 valence electrons. The summed E-state index contributed by atoms with van der Waals surface area (Å²) in [5.74, 6) is 0.640. The molecule has 9 heteroatoms. The molecule has 1 aromatic rings. The van der Waals surface area contributed by atoms with Crippen LogP contribution in [0, 0.1) is 6.92 Å². The van der Waals surface area contributed by atoms with Gasteiger partial charge in [0, 0.05) is 6.92 Å². The fourth-order valence-electron chi connectivity index (χ4n) is 1.68. The van der Waals surface area contributed by atoms with Gasteiger partial charge >= 0.3 is 0 Å². The highest BCUT2D eigenvalue weighted by Gasteiger charge is 2.26. The van der Waals surface area contributed by atoms with Crippen LogP contribution in [-0.4, -0.2) is 40.4 Å². The van der Waals surface area contributed by atoms with E-state index in [1.807, 2.05) is 0 Å². The van der Waals surface area contributed by atoms with Crippen molar-refractivity contribution in [1.29, 1.82) is 0 Å². The van der Waals surface area contributed by atoms with Gasteiger partial charge in [-0.2, -0.15) is 4.98 Å². The van der Waals surface area contributed by atoms with Gasteiger partial charge < -0.3 is 30.6 Å². The van der Waals surface area contributed by atoms with E-state index < -0.39 is 5.91 Å². The molecule has 9 nitrogen and oxygen atoms in total. The van der Waals surface area contributed by atoms with Gasteiger partial charge in [0.2, 0.25) is 5.89 Å². The maximum absolute atomic E-state index is 12.0. The summed E-state index contributed by atoms with van der Waals surface area (Å²) in [6.07, 6.45) is 0.704. The summed E-state index contributed by atoms with van der Waals surface area (Å²) < 4.78 is 4.78. The Labute approximate surface area is 108 Å². The summed E-state index contributed by atoms with van der Waals surface area (Å²) in [5.41, 5.74) is 5.92. The molecule has 0 fully saturated rings. The van der Waals surface area contributed by atoms with Crippen LogP contribution in [0.1, 0.15) is 11.7 Å². The SMILES string of the molecule is Cc1nc(CNC(=O)C2=C(N)NCN2CC=O)no1. The Bertz CT molecular complexity index is 523. The predicted molar refractivity (Wildman–Crippen MR) is 62.9 cm³/mol. The van der Waals surface area contributed by atoms with Gasteiger partial charge in [0.25, 0.3) is 5.91 Å². The van der Waals surface area contributed by atoms with Gasteiger partial charge in [-0.05, 0) is 0 Å². The summed E-state index contributed by atoms with van der Waals surface area (Å²) in [7, 11) is 0. The molecule has 0 unspecified atom stereocenters. The first-order valence-corrected chi connectivity index (χ1v) is 5.61. The Balaban J connectivity index is 1.98. The number of hydrogen-bond donors (Lipinski definition) is 3. The number of carbonyl (C=O) groups is 2. The second kappa shape index (κ2) is 5.38. The zero-order chi connectivity index (χ0) is 13.8. The van der Waals surface area contributed by atoms with E-state index in [0.29, 0.717) is 24.7 Å². The monoisotopic (exact) mass is 266 g/mol. The number of nitrogens with zero attached hydrogens (tertiary/aromatic N) is 3. The molecule has 4 N–H and O–H groups in total. The van der Waals surface area contributed by atoms with Crippen molar-refractivity contribution < 1.29 is 14.1 Å². The first kappa shape index (κ1) is 12.9. The Kier molecular flexibility index (Phi) is 3.64. The van der Waals surface area contributed by atoms with Crippen LogP contribution in [0.2, 0.25) is 0 Å². The highest BCUT2D eigenvalue weighted by atomic mass is 16.5. The standard InChI is InChI=1S/C10H14N6O3/c1-6-14-7(15-19-6)4-12-10(18)8-9(11)13-5-16(8)2-3-17/h3,13H,2,4-5,11H2,1H3,(H,12,18). The van der Waals surface area contributed by atoms with Gasteiger partial charge in [0.15, 0.2) is 5.82 Å². The van der Waals surface area contributed by atoms with E-state index in [9.17, 15) is 9.59 Å². The van der Waals surface area contributed by atoms with E-state index >= 15 is 0 Å². The van der Waals surface area contributed by atoms with E-state index in [2.05, 4.69) is 20.8 Å². The molecule has 1 aliphatic rings. The zero-order valence-corrected chi connectivity index (χ0v) is 10.3. The largest absolute Gasteiger partial charge is 0.384 e. The topological polar surface area (TPSA) is 126 Å². The van der Waals surface area contributed by atoms with Crippen molar-refractivity contribution >= 4 is 12.2 Å². The lowest BCUT2D eigenvalue weighted by atomic mass is 10.3. The van der Waals surface area contributed by atoms with Crippen molar-refractivity contribution in [2.45, 2.75) is 13.5 Å². The molecule has 1 aromatic heterocycles. The molecule has 19 heavy (non-hydrogen) atoms. The summed E-state index contributed by atoms with van der Waals surface area (Å²) in [6.45, 7) is 2.21. The number of nitrogens with two attached hydrogens (primary N) is 1. The van der Waals surface area contributed by atoms with E-state index in [1.165, 1.54) is 0 Å². The predicted octanol–water partition coefficient (Wildman–Crippen LogP) is -1.82. The molecular weight excluding hydrogens is 252 g/mol. The van der Waals surface area contributed by atoms with Crippen molar-refractivity contribution in [2.75, 3.05) is 13.2 Å². The molecule has 1 aliphatic heterocycles. The summed E-state index contributed by atoms with van der Waals surface area (Å²) in [4.78, 5) is 28.0. The number of aldehydes is 1. The highest BCUT2D eigenvalue weighted by molar-refractivity contribution is 5.94. The quantitative estimate of drug-likeness (QED) is 0.532. The first-order valence-electron chi connectivity index (χ1n) is 5.61. The Morgan fingerprint density at radius 1 is 1.68 bits per heavy atom. The van der Waals surface area contributed by atoms with Gasteiger partial charge in [-0.1, -0.05) is 5.16 Å². The van der Waals surface area contributed by atoms with Crippen LogP contribution in [0.3, 0.4) is 0 Å². The summed E-state index contributed by atoms with van der Waals surface area (Å²) in [5, 5.41) is 9.07. The lowest BCUT2D eigenvalue weighted by Gasteiger charge is -2.16. The average Bonchev–Trinajstić information content (AvgIpc) is 2.94. The molecule has 0 spiro atoms. The van der Waals surface area contributed by atoms with Gasteiger partial charge in [-0.25, -0.2) is 0 Å². The normalized spacial score (nSPS) is 14.5. The molecule has 0 aromatic carbocycles. The van der Waals surface area contributed by atoms with Gasteiger partial charge in [0.05, 0.1) is 19.8 Å². The van der Waals surface area contributed by atoms with Crippen LogP contribution < -0.4 is 16.4 Å². The van der Waals surface area contributed by atoms with Crippen LogP contribution >= 0.6 is 0 Å². The molecular formula is C10H14N6O3. The van der Waals surface area contributed by atoms with Gasteiger partial charge in [0.1, 0.15) is 17.8 Å². The third kappa shape index (κ3) is 2.81. The van der Waals surface area contributed by atoms with E-state index in [0.717, 1.165) is 0 Å². The molecule has 0 radical (unpaired) electrons. The van der Waals surface area contributed by atoms with Gasteiger partial charge in [-0.15, -0.1) is 0 Å². The van der Waals surface area contributed by atoms with E-state index in [-0.39, 0.29) is 24.6 Å². The number of amides is 1. The number of aryl methyl sites for hydroxylation is 1. The smallest absolute Gasteiger partial charge is 0.271 e. The summed E-state index contributed by atoms with van der Waals surface area (Å²) in [6, 6.07) is 0. The molecule has 0 saturated heterocycles. The second-order valence-electron chi connectivity index (χ2n) is 3.90. The van der Waals surface area contributed by atoms with Crippen LogP contribution in [0.4, 0.5) is 0 Å². The van der Waals surface area contributed by atoms with Crippen molar-refractivity contribution in [3.05, 3.63) is 23.2 Å². The minimum atomic E-state index is -0.396. The number of hydrogen-bond acceptors (Lipinski definition) is 8. The molecule has 0 aliphatic carbocycles. The van der Waals surface area contributed by atoms with Crippen LogP contribution in [0.25, 0.3) is 0 Å². The van der Waals surface area contributed by atoms with E-state index in [1.54, 1.807) is 11.8 Å². The molecule has 1 amide bonds. The van der Waals surface area contributed by atoms with Crippen molar-refractivity contribution in [3.63, 3.8) is 0 Å². The molecule has 0 atom stereocenters. The minimum Gasteiger partial charge on any atom is -0.384 e. The van der Waals surface area contributed by atoms with Crippen molar-refractivity contribution in [2.24, 2.45) is 5.73 Å². The Hall–Kier alpha value is -2.58. The fraction of sp³-hybridized carbons (Fsp3) is 0.400. The number of rotatable bonds is 5. The molecule has 2 heterocycles. The van der Waals surface area contributed by atoms with Crippen molar-refractivity contribution in [1.82, 2.24) is 25.7 Å². The molecule has 0 saturated carbocycles. The Morgan fingerprint density at radius 3 is 3.11 bits per heavy atom. The Morgan fingerprint density at radius 2 is 2.47 bits per heavy atom. The number of carbonyl (C=O) groups excluding carboxylic acids is 2. The minimum absolute atomic E-state index is 0.0950. The van der Waals surface area contributed by atoms with Crippen LogP contribution in [-0.2, 0) is 16.1 Å². The fourth-order valence-corrected chi connectivity index (χ4v) is 1.68. The number of nitrogens with one attached hydrogen (secondary N) is 2. The number of aromatic nitrogens is 2. The van der Waals surface area contributed by atoms with Crippen molar-refractivity contribution in [3.8, 4) is 0 Å². The maximum atomic E-state index is 12.0.